The van der Waals surface area contributed by atoms with E-state index in [1.165, 1.54) is 11.3 Å². The van der Waals surface area contributed by atoms with Gasteiger partial charge in [-0.25, -0.2) is 0 Å². The van der Waals surface area contributed by atoms with Crippen LogP contribution in [0.1, 0.15) is 35.3 Å². The molecule has 0 atom stereocenters. The van der Waals surface area contributed by atoms with Gasteiger partial charge >= 0.3 is 0 Å². The summed E-state index contributed by atoms with van der Waals surface area (Å²) < 4.78 is 2.65. The van der Waals surface area contributed by atoms with Crippen molar-refractivity contribution in [3.05, 3.63) is 39.3 Å². The molecule has 0 unspecified atom stereocenters. The Bertz CT molecular complexity index is 603. The Hall–Kier alpha value is -1.46. The quantitative estimate of drug-likeness (QED) is 0.889. The van der Waals surface area contributed by atoms with Gasteiger partial charge in [0.2, 0.25) is 0 Å². The molecule has 0 spiro atoms. The molecule has 2 aromatic heterocycles. The van der Waals surface area contributed by atoms with Gasteiger partial charge in [0.1, 0.15) is 5.69 Å². The maximum Gasteiger partial charge on any atom is 0.268 e. The number of hydrogen-bond acceptors (Lipinski definition) is 3. The van der Waals surface area contributed by atoms with Gasteiger partial charge in [-0.1, -0.05) is 11.6 Å². The number of amides is 1. The number of anilines is 1. The van der Waals surface area contributed by atoms with Crippen molar-refractivity contribution in [3.63, 3.8) is 0 Å². The second kappa shape index (κ2) is 6.33. The average Bonchev–Trinajstić information content (AvgIpc) is 2.95. The van der Waals surface area contributed by atoms with Gasteiger partial charge in [-0.05, 0) is 38.5 Å². The van der Waals surface area contributed by atoms with E-state index in [-0.39, 0.29) is 11.9 Å². The fourth-order valence-corrected chi connectivity index (χ4v) is 3.07. The van der Waals surface area contributed by atoms with Crippen molar-refractivity contribution >= 4 is 34.5 Å². The largest absolute Gasteiger partial charge is 0.397 e. The number of nitrogens with zero attached hydrogens (tertiary/aromatic N) is 1. The molecule has 1 amide bonds. The molecular formula is C14H18ClN3OS. The van der Waals surface area contributed by atoms with Crippen LogP contribution in [0.5, 0.6) is 0 Å². The van der Waals surface area contributed by atoms with Crippen molar-refractivity contribution in [2.75, 3.05) is 12.3 Å². The van der Waals surface area contributed by atoms with Crippen LogP contribution in [0.2, 0.25) is 4.34 Å². The van der Waals surface area contributed by atoms with Gasteiger partial charge in [-0.3, -0.25) is 4.79 Å². The van der Waals surface area contributed by atoms with Crippen molar-refractivity contribution in [1.29, 1.82) is 0 Å². The number of nitrogens with one attached hydrogen (secondary N) is 1. The summed E-state index contributed by atoms with van der Waals surface area (Å²) in [5, 5.41) is 2.91. The first-order chi connectivity index (χ1) is 9.47. The van der Waals surface area contributed by atoms with Crippen LogP contribution in [0.4, 0.5) is 5.69 Å². The van der Waals surface area contributed by atoms with E-state index >= 15 is 0 Å². The molecule has 2 rings (SSSR count). The lowest BCUT2D eigenvalue weighted by molar-refractivity contribution is 0.0943. The zero-order valence-electron chi connectivity index (χ0n) is 11.5. The lowest BCUT2D eigenvalue weighted by Gasteiger charge is -2.12. The molecule has 4 nitrogen and oxygen atoms in total. The van der Waals surface area contributed by atoms with Gasteiger partial charge < -0.3 is 15.6 Å². The van der Waals surface area contributed by atoms with Crippen LogP contribution in [0.3, 0.4) is 0 Å². The molecule has 20 heavy (non-hydrogen) atoms. The molecule has 2 aromatic rings. The van der Waals surface area contributed by atoms with Crippen molar-refractivity contribution in [1.82, 2.24) is 9.88 Å². The molecule has 0 aliphatic carbocycles. The van der Waals surface area contributed by atoms with Crippen LogP contribution >= 0.6 is 22.9 Å². The highest BCUT2D eigenvalue weighted by Crippen LogP contribution is 2.21. The van der Waals surface area contributed by atoms with Gasteiger partial charge in [-0.2, -0.15) is 0 Å². The Balaban J connectivity index is 1.95. The molecule has 3 N–H and O–H groups in total. The standard InChI is InChI=1S/C14H18ClN3OS/c1-9(2)18-8-10(16)7-12(18)14(19)17-6-5-11-3-4-13(15)20-11/h3-4,7-9H,5-6,16H2,1-2H3,(H,17,19). The minimum Gasteiger partial charge on any atom is -0.397 e. The van der Waals surface area contributed by atoms with Crippen molar-refractivity contribution in [2.45, 2.75) is 26.3 Å². The number of thiophene rings is 1. The molecule has 0 bridgehead atoms. The number of carbonyl (C=O) groups is 1. The van der Waals surface area contributed by atoms with Crippen LogP contribution in [-0.4, -0.2) is 17.0 Å². The zero-order chi connectivity index (χ0) is 14.7. The van der Waals surface area contributed by atoms with E-state index in [2.05, 4.69) is 5.32 Å². The first-order valence-corrected chi connectivity index (χ1v) is 7.66. The van der Waals surface area contributed by atoms with E-state index in [1.807, 2.05) is 30.5 Å². The van der Waals surface area contributed by atoms with Crippen LogP contribution in [-0.2, 0) is 6.42 Å². The Labute approximate surface area is 127 Å². The van der Waals surface area contributed by atoms with E-state index < -0.39 is 0 Å². The van der Waals surface area contributed by atoms with Crippen molar-refractivity contribution in [3.8, 4) is 0 Å². The molecule has 6 heteroatoms. The zero-order valence-corrected chi connectivity index (χ0v) is 13.1. The lowest BCUT2D eigenvalue weighted by atomic mass is 10.3. The van der Waals surface area contributed by atoms with E-state index in [0.29, 0.717) is 17.9 Å². The number of nitrogens with two attached hydrogens (primary N) is 1. The van der Waals surface area contributed by atoms with E-state index in [0.717, 1.165) is 15.6 Å². The monoisotopic (exact) mass is 311 g/mol. The summed E-state index contributed by atoms with van der Waals surface area (Å²) in [5.74, 6) is -0.0990. The second-order valence-electron chi connectivity index (χ2n) is 4.87. The highest BCUT2D eigenvalue weighted by molar-refractivity contribution is 7.16. The summed E-state index contributed by atoms with van der Waals surface area (Å²) in [6.45, 7) is 4.62. The third-order valence-corrected chi connectivity index (χ3v) is 4.24. The Morgan fingerprint density at radius 2 is 2.25 bits per heavy atom. The second-order valence-corrected chi connectivity index (χ2v) is 6.67. The Morgan fingerprint density at radius 1 is 1.50 bits per heavy atom. The number of aromatic nitrogens is 1. The molecule has 0 aliphatic rings. The molecule has 0 fully saturated rings. The number of halogens is 1. The summed E-state index contributed by atoms with van der Waals surface area (Å²) in [4.78, 5) is 13.3. The molecule has 0 radical (unpaired) electrons. The third kappa shape index (κ3) is 3.55. The van der Waals surface area contributed by atoms with Crippen molar-refractivity contribution < 1.29 is 4.79 Å². The normalized spacial score (nSPS) is 11.0. The van der Waals surface area contributed by atoms with Crippen molar-refractivity contribution in [2.24, 2.45) is 0 Å². The first-order valence-electron chi connectivity index (χ1n) is 6.47. The van der Waals surface area contributed by atoms with Crippen LogP contribution in [0, 0.1) is 0 Å². The predicted octanol–water partition coefficient (Wildman–Crippen LogP) is 3.34. The summed E-state index contributed by atoms with van der Waals surface area (Å²) in [6, 6.07) is 5.75. The first kappa shape index (κ1) is 14.9. The molecule has 0 aromatic carbocycles. The number of rotatable bonds is 5. The van der Waals surface area contributed by atoms with Crippen LogP contribution in [0.15, 0.2) is 24.4 Å². The molecule has 0 saturated heterocycles. The minimum atomic E-state index is -0.0990. The summed E-state index contributed by atoms with van der Waals surface area (Å²) in [7, 11) is 0. The van der Waals surface area contributed by atoms with Gasteiger partial charge in [0.05, 0.1) is 10.0 Å². The topological polar surface area (TPSA) is 60.0 Å². The van der Waals surface area contributed by atoms with Gasteiger partial charge in [0.25, 0.3) is 5.91 Å². The summed E-state index contributed by atoms with van der Waals surface area (Å²) in [5.41, 5.74) is 6.97. The van der Waals surface area contributed by atoms with E-state index in [4.69, 9.17) is 17.3 Å². The van der Waals surface area contributed by atoms with E-state index in [9.17, 15) is 4.79 Å². The summed E-state index contributed by atoms with van der Waals surface area (Å²) >= 11 is 7.41. The number of carbonyl (C=O) groups excluding carboxylic acids is 1. The van der Waals surface area contributed by atoms with Crippen LogP contribution in [0.25, 0.3) is 0 Å². The molecule has 0 aliphatic heterocycles. The number of nitrogen functional groups attached to an aromatic ring is 1. The lowest BCUT2D eigenvalue weighted by Crippen LogP contribution is -2.28. The van der Waals surface area contributed by atoms with Crippen LogP contribution < -0.4 is 11.1 Å². The molecular weight excluding hydrogens is 294 g/mol. The minimum absolute atomic E-state index is 0.0990. The fraction of sp³-hybridized carbons (Fsp3) is 0.357. The molecule has 2 heterocycles. The smallest absolute Gasteiger partial charge is 0.268 e. The Morgan fingerprint density at radius 3 is 2.85 bits per heavy atom. The highest BCUT2D eigenvalue weighted by atomic mass is 35.5. The Kier molecular flexibility index (Phi) is 4.73. The van der Waals surface area contributed by atoms with Gasteiger partial charge in [0, 0.05) is 23.7 Å². The third-order valence-electron chi connectivity index (χ3n) is 2.94. The molecule has 108 valence electrons. The fourth-order valence-electron chi connectivity index (χ4n) is 1.99. The predicted molar refractivity (Wildman–Crippen MR) is 84.6 cm³/mol. The van der Waals surface area contributed by atoms with Gasteiger partial charge in [0.15, 0.2) is 0 Å². The number of hydrogen-bond donors (Lipinski definition) is 2. The maximum absolute atomic E-state index is 12.2. The SMILES string of the molecule is CC(C)n1cc(N)cc1C(=O)NCCc1ccc(Cl)s1. The molecule has 0 saturated carbocycles. The van der Waals surface area contributed by atoms with E-state index in [1.54, 1.807) is 12.3 Å². The summed E-state index contributed by atoms with van der Waals surface area (Å²) in [6.07, 6.45) is 2.57. The maximum atomic E-state index is 12.2. The highest BCUT2D eigenvalue weighted by Gasteiger charge is 2.14. The van der Waals surface area contributed by atoms with Gasteiger partial charge in [-0.15, -0.1) is 11.3 Å². The average molecular weight is 312 g/mol.